The van der Waals surface area contributed by atoms with Crippen LogP contribution in [0.15, 0.2) is 0 Å². The maximum absolute atomic E-state index is 11.5. The average Bonchev–Trinajstić information content (AvgIpc) is 2.10. The second-order valence-corrected chi connectivity index (χ2v) is 5.24. The minimum atomic E-state index is -0.461. The number of carbonyl (C=O) groups is 1. The standard InChI is InChI=1S/C12H26N2O2/c1-6-7-8-10(13)9(2)14-11(15)16-12(3,4)5/h9-10H,6-8,13H2,1-5H3,(H,14,15). The van der Waals surface area contributed by atoms with Gasteiger partial charge in [0.15, 0.2) is 0 Å². The first-order chi connectivity index (χ1) is 7.26. The molecule has 0 aromatic heterocycles. The summed E-state index contributed by atoms with van der Waals surface area (Å²) < 4.78 is 5.16. The van der Waals surface area contributed by atoms with E-state index in [0.29, 0.717) is 0 Å². The SMILES string of the molecule is CCCCC(N)C(C)NC(=O)OC(C)(C)C. The van der Waals surface area contributed by atoms with Crippen molar-refractivity contribution in [2.75, 3.05) is 0 Å². The van der Waals surface area contributed by atoms with Gasteiger partial charge in [0.05, 0.1) is 0 Å². The fourth-order valence-corrected chi connectivity index (χ4v) is 1.29. The van der Waals surface area contributed by atoms with Crippen LogP contribution in [0.2, 0.25) is 0 Å². The molecule has 0 saturated carbocycles. The van der Waals surface area contributed by atoms with Crippen molar-refractivity contribution in [2.24, 2.45) is 5.73 Å². The van der Waals surface area contributed by atoms with E-state index in [0.717, 1.165) is 19.3 Å². The number of hydrogen-bond acceptors (Lipinski definition) is 3. The maximum atomic E-state index is 11.5. The van der Waals surface area contributed by atoms with Crippen LogP contribution in [-0.2, 0) is 4.74 Å². The monoisotopic (exact) mass is 230 g/mol. The fraction of sp³-hybridized carbons (Fsp3) is 0.917. The van der Waals surface area contributed by atoms with Crippen molar-refractivity contribution in [3.8, 4) is 0 Å². The molecule has 1 amide bonds. The minimum Gasteiger partial charge on any atom is -0.444 e. The highest BCUT2D eigenvalue weighted by Crippen LogP contribution is 2.08. The smallest absolute Gasteiger partial charge is 0.407 e. The number of carbonyl (C=O) groups excluding carboxylic acids is 1. The van der Waals surface area contributed by atoms with E-state index in [1.807, 2.05) is 27.7 Å². The maximum Gasteiger partial charge on any atom is 0.407 e. The van der Waals surface area contributed by atoms with Crippen molar-refractivity contribution in [1.29, 1.82) is 0 Å². The first kappa shape index (κ1) is 15.2. The van der Waals surface area contributed by atoms with Gasteiger partial charge in [0, 0.05) is 12.1 Å². The van der Waals surface area contributed by atoms with Gasteiger partial charge in [-0.3, -0.25) is 0 Å². The number of unbranched alkanes of at least 4 members (excludes halogenated alkanes) is 1. The predicted octanol–water partition coefficient (Wildman–Crippen LogP) is 2.42. The quantitative estimate of drug-likeness (QED) is 0.762. The molecule has 0 radical (unpaired) electrons. The van der Waals surface area contributed by atoms with E-state index in [-0.39, 0.29) is 12.1 Å². The molecule has 0 aliphatic carbocycles. The van der Waals surface area contributed by atoms with Crippen molar-refractivity contribution < 1.29 is 9.53 Å². The summed E-state index contributed by atoms with van der Waals surface area (Å²) in [6.07, 6.45) is 2.73. The van der Waals surface area contributed by atoms with E-state index in [9.17, 15) is 4.79 Å². The molecule has 0 rings (SSSR count). The molecule has 96 valence electrons. The Morgan fingerprint density at radius 3 is 2.44 bits per heavy atom. The van der Waals surface area contributed by atoms with Crippen molar-refractivity contribution >= 4 is 6.09 Å². The highest BCUT2D eigenvalue weighted by Gasteiger charge is 2.20. The third-order valence-electron chi connectivity index (χ3n) is 2.28. The van der Waals surface area contributed by atoms with Crippen LogP contribution in [0.25, 0.3) is 0 Å². The molecule has 3 N–H and O–H groups in total. The molecule has 4 nitrogen and oxygen atoms in total. The van der Waals surface area contributed by atoms with Crippen molar-refractivity contribution in [3.05, 3.63) is 0 Å². The Labute approximate surface area is 98.9 Å². The summed E-state index contributed by atoms with van der Waals surface area (Å²) in [5.41, 5.74) is 5.48. The van der Waals surface area contributed by atoms with Crippen LogP contribution in [0.5, 0.6) is 0 Å². The highest BCUT2D eigenvalue weighted by molar-refractivity contribution is 5.68. The van der Waals surface area contributed by atoms with Gasteiger partial charge in [-0.15, -0.1) is 0 Å². The summed E-state index contributed by atoms with van der Waals surface area (Å²) in [4.78, 5) is 11.5. The Hall–Kier alpha value is -0.770. The van der Waals surface area contributed by atoms with Crippen molar-refractivity contribution in [3.63, 3.8) is 0 Å². The Bertz CT molecular complexity index is 212. The lowest BCUT2D eigenvalue weighted by molar-refractivity contribution is 0.0500. The largest absolute Gasteiger partial charge is 0.444 e. The van der Waals surface area contributed by atoms with Gasteiger partial charge in [-0.1, -0.05) is 19.8 Å². The molecule has 0 aliphatic rings. The molecule has 0 spiro atoms. The average molecular weight is 230 g/mol. The van der Waals surface area contributed by atoms with Crippen molar-refractivity contribution in [2.45, 2.75) is 71.6 Å². The lowest BCUT2D eigenvalue weighted by Crippen LogP contribution is -2.47. The summed E-state index contributed by atoms with van der Waals surface area (Å²) in [6, 6.07) is -0.0612. The minimum absolute atomic E-state index is 0.00697. The van der Waals surface area contributed by atoms with Gasteiger partial charge in [0.1, 0.15) is 5.60 Å². The van der Waals surface area contributed by atoms with Gasteiger partial charge >= 0.3 is 6.09 Å². The topological polar surface area (TPSA) is 64.3 Å². The van der Waals surface area contributed by atoms with Gasteiger partial charge in [0.2, 0.25) is 0 Å². The molecule has 0 fully saturated rings. The lowest BCUT2D eigenvalue weighted by Gasteiger charge is -2.24. The van der Waals surface area contributed by atoms with Crippen LogP contribution in [0, 0.1) is 0 Å². The van der Waals surface area contributed by atoms with Gasteiger partial charge in [-0.25, -0.2) is 4.79 Å². The molecular weight excluding hydrogens is 204 g/mol. The van der Waals surface area contributed by atoms with E-state index < -0.39 is 11.7 Å². The first-order valence-electron chi connectivity index (χ1n) is 6.01. The third-order valence-corrected chi connectivity index (χ3v) is 2.28. The molecule has 2 atom stereocenters. The van der Waals surface area contributed by atoms with E-state index in [1.54, 1.807) is 0 Å². The summed E-state index contributed by atoms with van der Waals surface area (Å²) in [7, 11) is 0. The number of rotatable bonds is 5. The number of ether oxygens (including phenoxy) is 1. The number of nitrogens with two attached hydrogens (primary N) is 1. The summed E-state index contributed by atoms with van der Waals surface area (Å²) in [5, 5.41) is 2.76. The van der Waals surface area contributed by atoms with Crippen LogP contribution < -0.4 is 11.1 Å². The van der Waals surface area contributed by atoms with E-state index in [1.165, 1.54) is 0 Å². The molecule has 0 aliphatic heterocycles. The summed E-state index contributed by atoms with van der Waals surface area (Å²) >= 11 is 0. The van der Waals surface area contributed by atoms with Crippen LogP contribution in [-0.4, -0.2) is 23.8 Å². The summed E-state index contributed by atoms with van der Waals surface area (Å²) in [5.74, 6) is 0. The zero-order chi connectivity index (χ0) is 12.8. The van der Waals surface area contributed by atoms with Crippen LogP contribution >= 0.6 is 0 Å². The fourth-order valence-electron chi connectivity index (χ4n) is 1.29. The molecular formula is C12H26N2O2. The van der Waals surface area contributed by atoms with Crippen LogP contribution in [0.1, 0.15) is 53.9 Å². The normalized spacial score (nSPS) is 15.4. The number of nitrogens with one attached hydrogen (secondary N) is 1. The third kappa shape index (κ3) is 7.51. The molecule has 0 aromatic rings. The van der Waals surface area contributed by atoms with E-state index in [4.69, 9.17) is 10.5 Å². The number of amides is 1. The second kappa shape index (κ2) is 6.74. The van der Waals surface area contributed by atoms with E-state index >= 15 is 0 Å². The molecule has 2 unspecified atom stereocenters. The van der Waals surface area contributed by atoms with Gasteiger partial charge in [0.25, 0.3) is 0 Å². The van der Waals surface area contributed by atoms with Crippen molar-refractivity contribution in [1.82, 2.24) is 5.32 Å². The lowest BCUT2D eigenvalue weighted by atomic mass is 10.0. The van der Waals surface area contributed by atoms with Gasteiger partial charge in [-0.2, -0.15) is 0 Å². The second-order valence-electron chi connectivity index (χ2n) is 5.24. The Morgan fingerprint density at radius 1 is 1.44 bits per heavy atom. The molecule has 0 bridgehead atoms. The molecule has 0 saturated heterocycles. The van der Waals surface area contributed by atoms with Gasteiger partial charge < -0.3 is 15.8 Å². The van der Waals surface area contributed by atoms with Crippen LogP contribution in [0.4, 0.5) is 4.79 Å². The van der Waals surface area contributed by atoms with Crippen LogP contribution in [0.3, 0.4) is 0 Å². The number of alkyl carbamates (subject to hydrolysis) is 1. The molecule has 16 heavy (non-hydrogen) atoms. The zero-order valence-corrected chi connectivity index (χ0v) is 11.2. The molecule has 4 heteroatoms. The summed E-state index contributed by atoms with van der Waals surface area (Å²) in [6.45, 7) is 9.56. The number of hydrogen-bond donors (Lipinski definition) is 2. The predicted molar refractivity (Wildman–Crippen MR) is 66.3 cm³/mol. The molecule has 0 aromatic carbocycles. The molecule has 0 heterocycles. The first-order valence-corrected chi connectivity index (χ1v) is 6.01. The Balaban J connectivity index is 3.94. The van der Waals surface area contributed by atoms with E-state index in [2.05, 4.69) is 12.2 Å². The Morgan fingerprint density at radius 2 is 2.00 bits per heavy atom. The Kier molecular flexibility index (Phi) is 6.41. The zero-order valence-electron chi connectivity index (χ0n) is 11.2. The van der Waals surface area contributed by atoms with Gasteiger partial charge in [-0.05, 0) is 34.1 Å². The highest BCUT2D eigenvalue weighted by atomic mass is 16.6.